The highest BCUT2D eigenvalue weighted by Crippen LogP contribution is 2.30. The minimum atomic E-state index is -1.44. The van der Waals surface area contributed by atoms with Crippen molar-refractivity contribution in [1.29, 1.82) is 0 Å². The predicted molar refractivity (Wildman–Crippen MR) is 108 cm³/mol. The maximum absolute atomic E-state index is 11.0. The molecule has 3 fully saturated rings. The van der Waals surface area contributed by atoms with Crippen LogP contribution >= 0.6 is 0 Å². The summed E-state index contributed by atoms with van der Waals surface area (Å²) in [7, 11) is 0. The molecule has 14 atom stereocenters. The zero-order valence-corrected chi connectivity index (χ0v) is 17.7. The summed E-state index contributed by atoms with van der Waals surface area (Å²) < 4.78 is 22.7. The second-order valence-corrected chi connectivity index (χ2v) is 8.78. The highest BCUT2D eigenvalue weighted by Gasteiger charge is 2.50. The average Bonchev–Trinajstić information content (AvgIpc) is 2.75. The number of hydrogen-bond donors (Lipinski definition) is 10. The van der Waals surface area contributed by atoms with E-state index in [0.29, 0.717) is 0 Å². The van der Waals surface area contributed by atoms with E-state index < -0.39 is 92.2 Å². The number of aliphatic hydroxyl groups is 5. The van der Waals surface area contributed by atoms with Gasteiger partial charge >= 0.3 is 0 Å². The monoisotopic (exact) mass is 467 g/mol. The average molecular weight is 468 g/mol. The van der Waals surface area contributed by atoms with Crippen molar-refractivity contribution in [2.24, 2.45) is 28.7 Å². The number of ether oxygens (including phenoxy) is 4. The standard InChI is InChI=1S/C18H37N5O9/c19-3-9-8(25)2-7(22)17(29-9)31-15-5(20)1-6(21)16(14(15)28)32-18-13(27)11(23)12(26)10(4-24)30-18/h5-18,24-28H,1-4,19-23H2/t5-,6+,7+,8-,9+,10+,11-,12+,13+,14-,15+,16?,17+,18+/m0/s1. The maximum Gasteiger partial charge on any atom is 0.186 e. The summed E-state index contributed by atoms with van der Waals surface area (Å²) >= 11 is 0. The van der Waals surface area contributed by atoms with Crippen LogP contribution in [0.2, 0.25) is 0 Å². The molecule has 14 nitrogen and oxygen atoms in total. The van der Waals surface area contributed by atoms with Crippen molar-refractivity contribution < 1.29 is 44.5 Å². The fourth-order valence-electron chi connectivity index (χ4n) is 4.43. The normalized spacial score (nSPS) is 52.7. The number of rotatable bonds is 6. The molecule has 1 aliphatic carbocycles. The highest BCUT2D eigenvalue weighted by atomic mass is 16.7. The Bertz CT molecular complexity index is 607. The van der Waals surface area contributed by atoms with E-state index in [1.807, 2.05) is 0 Å². The van der Waals surface area contributed by atoms with Gasteiger partial charge < -0.3 is 73.1 Å². The summed E-state index contributed by atoms with van der Waals surface area (Å²) in [6.07, 6.45) is -10.8. The van der Waals surface area contributed by atoms with Gasteiger partial charge in [0.1, 0.15) is 36.6 Å². The summed E-state index contributed by atoms with van der Waals surface area (Å²) in [4.78, 5) is 0. The van der Waals surface area contributed by atoms with Crippen molar-refractivity contribution in [2.45, 2.75) is 98.4 Å². The molecule has 1 saturated carbocycles. The van der Waals surface area contributed by atoms with Gasteiger partial charge in [0.25, 0.3) is 0 Å². The van der Waals surface area contributed by atoms with Crippen LogP contribution < -0.4 is 28.7 Å². The Kier molecular flexibility index (Phi) is 8.79. The van der Waals surface area contributed by atoms with Gasteiger partial charge in [-0.2, -0.15) is 0 Å². The maximum atomic E-state index is 11.0. The van der Waals surface area contributed by atoms with Crippen LogP contribution in [0.3, 0.4) is 0 Å². The molecule has 0 aromatic carbocycles. The van der Waals surface area contributed by atoms with Gasteiger partial charge in [-0.15, -0.1) is 0 Å². The lowest BCUT2D eigenvalue weighted by molar-refractivity contribution is -0.314. The second-order valence-electron chi connectivity index (χ2n) is 8.78. The molecule has 0 radical (unpaired) electrons. The van der Waals surface area contributed by atoms with Crippen LogP contribution in [-0.4, -0.2) is 124 Å². The van der Waals surface area contributed by atoms with E-state index in [2.05, 4.69) is 0 Å². The van der Waals surface area contributed by atoms with Crippen molar-refractivity contribution in [3.63, 3.8) is 0 Å². The third-order valence-corrected chi connectivity index (χ3v) is 6.41. The third-order valence-electron chi connectivity index (χ3n) is 6.41. The van der Waals surface area contributed by atoms with E-state index in [0.717, 1.165) is 0 Å². The molecule has 2 aliphatic heterocycles. The lowest BCUT2D eigenvalue weighted by atomic mass is 9.84. The first-order valence-electron chi connectivity index (χ1n) is 10.8. The van der Waals surface area contributed by atoms with Crippen LogP contribution in [0.15, 0.2) is 0 Å². The van der Waals surface area contributed by atoms with E-state index in [-0.39, 0.29) is 19.4 Å². The van der Waals surface area contributed by atoms with Gasteiger partial charge in [-0.3, -0.25) is 0 Å². The third kappa shape index (κ3) is 5.24. The summed E-state index contributed by atoms with van der Waals surface area (Å²) in [5.41, 5.74) is 29.8. The minimum Gasteiger partial charge on any atom is -0.394 e. The van der Waals surface area contributed by atoms with Crippen molar-refractivity contribution in [3.8, 4) is 0 Å². The fourth-order valence-corrected chi connectivity index (χ4v) is 4.43. The molecule has 1 unspecified atom stereocenters. The summed E-state index contributed by atoms with van der Waals surface area (Å²) in [5, 5.41) is 50.7. The van der Waals surface area contributed by atoms with Crippen LogP contribution in [0.1, 0.15) is 12.8 Å². The smallest absolute Gasteiger partial charge is 0.186 e. The Morgan fingerprint density at radius 1 is 0.719 bits per heavy atom. The van der Waals surface area contributed by atoms with Crippen LogP contribution in [-0.2, 0) is 18.9 Å². The Labute approximate surface area is 185 Å². The molecule has 2 saturated heterocycles. The van der Waals surface area contributed by atoms with Gasteiger partial charge in [-0.25, -0.2) is 0 Å². The molecule has 0 spiro atoms. The molecule has 3 aliphatic rings. The topological polar surface area (TPSA) is 268 Å². The molecular formula is C18H37N5O9. The molecule has 0 aromatic heterocycles. The molecule has 15 N–H and O–H groups in total. The molecule has 0 bridgehead atoms. The minimum absolute atomic E-state index is 0.0542. The first-order valence-corrected chi connectivity index (χ1v) is 10.8. The zero-order valence-electron chi connectivity index (χ0n) is 17.7. The first kappa shape index (κ1) is 26.1. The van der Waals surface area contributed by atoms with Crippen LogP contribution in [0.5, 0.6) is 0 Å². The summed E-state index contributed by atoms with van der Waals surface area (Å²) in [6.45, 7) is -0.499. The lowest BCUT2D eigenvalue weighted by Gasteiger charge is -2.47. The van der Waals surface area contributed by atoms with Crippen LogP contribution in [0.25, 0.3) is 0 Å². The predicted octanol–water partition coefficient (Wildman–Crippen LogP) is -6.30. The van der Waals surface area contributed by atoms with Crippen LogP contribution in [0.4, 0.5) is 0 Å². The largest absolute Gasteiger partial charge is 0.394 e. The van der Waals surface area contributed by atoms with E-state index in [1.165, 1.54) is 0 Å². The first-order chi connectivity index (χ1) is 15.1. The second kappa shape index (κ2) is 10.8. The fraction of sp³-hybridized carbons (Fsp3) is 1.00. The Morgan fingerprint density at radius 3 is 1.84 bits per heavy atom. The molecule has 14 heteroatoms. The summed E-state index contributed by atoms with van der Waals surface area (Å²) in [5.74, 6) is 0. The van der Waals surface area contributed by atoms with Gasteiger partial charge in [0.05, 0.1) is 30.9 Å². The molecule has 2 heterocycles. The van der Waals surface area contributed by atoms with Crippen molar-refractivity contribution in [1.82, 2.24) is 0 Å². The van der Waals surface area contributed by atoms with Gasteiger partial charge in [0.2, 0.25) is 0 Å². The van der Waals surface area contributed by atoms with Gasteiger partial charge in [0.15, 0.2) is 12.6 Å². The zero-order chi connectivity index (χ0) is 23.7. The quantitative estimate of drug-likeness (QED) is 0.174. The molecule has 0 aromatic rings. The van der Waals surface area contributed by atoms with Gasteiger partial charge in [0, 0.05) is 18.6 Å². The van der Waals surface area contributed by atoms with E-state index >= 15 is 0 Å². The SMILES string of the molecule is NC[C@H]1O[C@H](O[C@H]2[C@H](O)C(O[C@H]3O[C@H](CO)[C@@H](O)[C@H](N)[C@H]3O)[C@H](N)C[C@@H]2N)[C@H](N)C[C@@H]1O. The lowest BCUT2D eigenvalue weighted by Crippen LogP contribution is -2.68. The van der Waals surface area contributed by atoms with Crippen molar-refractivity contribution in [2.75, 3.05) is 13.2 Å². The molecule has 32 heavy (non-hydrogen) atoms. The number of nitrogens with two attached hydrogens (primary N) is 5. The molecule has 188 valence electrons. The van der Waals surface area contributed by atoms with Gasteiger partial charge in [-0.1, -0.05) is 0 Å². The molecular weight excluding hydrogens is 430 g/mol. The van der Waals surface area contributed by atoms with Crippen molar-refractivity contribution in [3.05, 3.63) is 0 Å². The summed E-state index contributed by atoms with van der Waals surface area (Å²) in [6, 6.07) is -3.27. The van der Waals surface area contributed by atoms with Crippen molar-refractivity contribution >= 4 is 0 Å². The highest BCUT2D eigenvalue weighted by molar-refractivity contribution is 5.01. The molecule has 0 amide bonds. The van der Waals surface area contributed by atoms with E-state index in [9.17, 15) is 25.5 Å². The molecule has 3 rings (SSSR count). The number of aliphatic hydroxyl groups excluding tert-OH is 5. The Morgan fingerprint density at radius 2 is 1.28 bits per heavy atom. The van der Waals surface area contributed by atoms with E-state index in [1.54, 1.807) is 0 Å². The number of hydrogen-bond acceptors (Lipinski definition) is 14. The Hall–Kier alpha value is -0.560. The van der Waals surface area contributed by atoms with Gasteiger partial charge in [-0.05, 0) is 12.8 Å². The van der Waals surface area contributed by atoms with Crippen LogP contribution in [0, 0.1) is 0 Å². The Balaban J connectivity index is 1.70. The van der Waals surface area contributed by atoms with E-state index in [4.69, 9.17) is 47.6 Å².